The molecule has 0 amide bonds. The zero-order valence-electron chi connectivity index (χ0n) is 13.7. The van der Waals surface area contributed by atoms with E-state index in [0.717, 1.165) is 28.5 Å². The number of pyridine rings is 1. The molecule has 2 rings (SSSR count). The summed E-state index contributed by atoms with van der Waals surface area (Å²) in [6.07, 6.45) is -0.946. The second-order valence-corrected chi connectivity index (χ2v) is 6.34. The molecular weight excluding hydrogens is 401 g/mol. The van der Waals surface area contributed by atoms with Gasteiger partial charge in [-0.15, -0.1) is 11.8 Å². The van der Waals surface area contributed by atoms with Crippen LogP contribution in [0.15, 0.2) is 70.0 Å². The Balaban J connectivity index is 2.36. The van der Waals surface area contributed by atoms with Gasteiger partial charge >= 0.3 is 6.18 Å². The van der Waals surface area contributed by atoms with E-state index in [1.165, 1.54) is 18.3 Å². The Hall–Kier alpha value is -2.52. The van der Waals surface area contributed by atoms with E-state index >= 15 is 0 Å². The largest absolute Gasteiger partial charge is 0.428 e. The molecule has 1 aromatic heterocycles. The minimum absolute atomic E-state index is 0.137. The molecule has 0 aliphatic heterocycles. The molecule has 10 heteroatoms. The summed E-state index contributed by atoms with van der Waals surface area (Å²) < 4.78 is 37.9. The first-order valence-corrected chi connectivity index (χ1v) is 8.84. The average molecular weight is 415 g/mol. The number of hydrogen-bond donors (Lipinski definition) is 1. The maximum atomic E-state index is 12.6. The third kappa shape index (κ3) is 6.95. The fourth-order valence-corrected chi connectivity index (χ4v) is 3.13. The molecule has 5 nitrogen and oxygen atoms in total. The molecule has 0 aliphatic rings. The molecule has 0 bridgehead atoms. The van der Waals surface area contributed by atoms with Crippen LogP contribution in [0.3, 0.4) is 0 Å². The Labute approximate surface area is 162 Å². The first-order chi connectivity index (χ1) is 12.9. The van der Waals surface area contributed by atoms with Crippen LogP contribution in [0.1, 0.15) is 5.56 Å². The Morgan fingerprint density at radius 2 is 1.96 bits per heavy atom. The topological polar surface area (TPSA) is 61.1 Å². The third-order valence-electron chi connectivity index (χ3n) is 3.01. The standard InChI is InChI=1S/C17H14ClF3N4OS/c18-14-6-2-1-5-13(14)11-27-16(8-10-24-26)25(23-12-17(19,20)21)15-7-3-4-9-22-15/h1-10,12,26H,11H2/b16-8-,23-12+,24-10+. The number of oxime groups is 1. The number of alkyl halides is 3. The van der Waals surface area contributed by atoms with Gasteiger partial charge in [0.15, 0.2) is 5.82 Å². The number of hydrogen-bond acceptors (Lipinski definition) is 6. The highest BCUT2D eigenvalue weighted by Gasteiger charge is 2.25. The van der Waals surface area contributed by atoms with E-state index in [0.29, 0.717) is 10.8 Å². The minimum Gasteiger partial charge on any atom is -0.411 e. The lowest BCUT2D eigenvalue weighted by Crippen LogP contribution is -2.19. The van der Waals surface area contributed by atoms with Crippen molar-refractivity contribution in [2.75, 3.05) is 5.01 Å². The number of nitrogens with zero attached hydrogens (tertiary/aromatic N) is 4. The van der Waals surface area contributed by atoms with E-state index in [-0.39, 0.29) is 17.1 Å². The highest BCUT2D eigenvalue weighted by atomic mass is 35.5. The molecule has 0 radical (unpaired) electrons. The summed E-state index contributed by atoms with van der Waals surface area (Å²) in [6.45, 7) is 0. The van der Waals surface area contributed by atoms with Gasteiger partial charge in [-0.25, -0.2) is 9.99 Å². The maximum Gasteiger partial charge on any atom is 0.428 e. The lowest BCUT2D eigenvalue weighted by atomic mass is 10.2. The van der Waals surface area contributed by atoms with E-state index in [1.54, 1.807) is 36.4 Å². The average Bonchev–Trinajstić information content (AvgIpc) is 2.64. The highest BCUT2D eigenvalue weighted by Crippen LogP contribution is 2.31. The zero-order valence-corrected chi connectivity index (χ0v) is 15.3. The van der Waals surface area contributed by atoms with E-state index < -0.39 is 6.18 Å². The number of anilines is 1. The molecule has 0 fully saturated rings. The van der Waals surface area contributed by atoms with Gasteiger partial charge in [-0.1, -0.05) is 41.0 Å². The van der Waals surface area contributed by atoms with Crippen molar-refractivity contribution >= 4 is 41.6 Å². The van der Waals surface area contributed by atoms with Crippen molar-refractivity contribution < 1.29 is 18.4 Å². The van der Waals surface area contributed by atoms with E-state index in [1.807, 2.05) is 0 Å². The summed E-state index contributed by atoms with van der Waals surface area (Å²) in [5.74, 6) is 0.526. The number of thioether (sulfide) groups is 1. The van der Waals surface area contributed by atoms with Crippen LogP contribution in [-0.4, -0.2) is 28.8 Å². The van der Waals surface area contributed by atoms with Crippen molar-refractivity contribution in [3.63, 3.8) is 0 Å². The number of rotatable bonds is 7. The zero-order chi connectivity index (χ0) is 19.7. The molecule has 2 aromatic rings. The molecule has 27 heavy (non-hydrogen) atoms. The summed E-state index contributed by atoms with van der Waals surface area (Å²) in [5.41, 5.74) is 0.789. The van der Waals surface area contributed by atoms with Crippen molar-refractivity contribution in [3.05, 3.63) is 70.4 Å². The van der Waals surface area contributed by atoms with Gasteiger partial charge in [0.05, 0.1) is 6.21 Å². The Morgan fingerprint density at radius 1 is 1.22 bits per heavy atom. The summed E-state index contributed by atoms with van der Waals surface area (Å²) >= 11 is 7.29. The fraction of sp³-hybridized carbons (Fsp3) is 0.118. The van der Waals surface area contributed by atoms with Crippen molar-refractivity contribution in [2.45, 2.75) is 11.9 Å². The van der Waals surface area contributed by atoms with E-state index in [9.17, 15) is 13.2 Å². The van der Waals surface area contributed by atoms with E-state index in [4.69, 9.17) is 16.8 Å². The quantitative estimate of drug-likeness (QED) is 0.378. The molecular formula is C17H14ClF3N4OS. The molecule has 1 N–H and O–H groups in total. The highest BCUT2D eigenvalue weighted by molar-refractivity contribution is 8.02. The van der Waals surface area contributed by atoms with Crippen molar-refractivity contribution in [1.82, 2.24) is 4.98 Å². The van der Waals surface area contributed by atoms with Crippen LogP contribution in [0.2, 0.25) is 5.02 Å². The van der Waals surface area contributed by atoms with Crippen LogP contribution in [0.4, 0.5) is 19.0 Å². The van der Waals surface area contributed by atoms with Gasteiger partial charge in [0.1, 0.15) is 11.2 Å². The third-order valence-corrected chi connectivity index (χ3v) is 4.44. The van der Waals surface area contributed by atoms with Gasteiger partial charge < -0.3 is 5.21 Å². The van der Waals surface area contributed by atoms with Crippen molar-refractivity contribution in [1.29, 1.82) is 0 Å². The van der Waals surface area contributed by atoms with Crippen LogP contribution in [0.5, 0.6) is 0 Å². The SMILES string of the molecule is O/N=C/C=C(\SCc1ccccc1Cl)N(/N=C/C(F)(F)F)c1ccccn1. The second-order valence-electron chi connectivity index (χ2n) is 4.94. The lowest BCUT2D eigenvalue weighted by Gasteiger charge is -2.20. The Morgan fingerprint density at radius 3 is 2.59 bits per heavy atom. The lowest BCUT2D eigenvalue weighted by molar-refractivity contribution is -0.0537. The maximum absolute atomic E-state index is 12.6. The number of aromatic nitrogens is 1. The van der Waals surface area contributed by atoms with Gasteiger partial charge in [0, 0.05) is 17.0 Å². The molecule has 0 saturated heterocycles. The number of benzene rings is 1. The van der Waals surface area contributed by atoms with Gasteiger partial charge in [-0.05, 0) is 29.8 Å². The summed E-state index contributed by atoms with van der Waals surface area (Å²) in [5, 5.41) is 16.9. The van der Waals surface area contributed by atoms with Crippen LogP contribution in [0, 0.1) is 0 Å². The van der Waals surface area contributed by atoms with Crippen LogP contribution >= 0.6 is 23.4 Å². The smallest absolute Gasteiger partial charge is 0.411 e. The first-order valence-electron chi connectivity index (χ1n) is 7.47. The summed E-state index contributed by atoms with van der Waals surface area (Å²) in [7, 11) is 0. The summed E-state index contributed by atoms with van der Waals surface area (Å²) in [6, 6.07) is 11.9. The Kier molecular flexibility index (Phi) is 7.68. The molecule has 0 atom stereocenters. The molecule has 0 unspecified atom stereocenters. The van der Waals surface area contributed by atoms with Crippen LogP contribution in [-0.2, 0) is 5.75 Å². The van der Waals surface area contributed by atoms with Gasteiger partial charge in [0.25, 0.3) is 0 Å². The normalized spacial score (nSPS) is 12.8. The molecule has 0 spiro atoms. The fourth-order valence-electron chi connectivity index (χ4n) is 1.88. The van der Waals surface area contributed by atoms with Gasteiger partial charge in [-0.3, -0.25) is 0 Å². The molecule has 0 saturated carbocycles. The predicted molar refractivity (Wildman–Crippen MR) is 102 cm³/mol. The van der Waals surface area contributed by atoms with Crippen LogP contribution in [0.25, 0.3) is 0 Å². The first kappa shape index (κ1) is 20.8. The minimum atomic E-state index is -4.60. The molecule has 1 aromatic carbocycles. The molecule has 142 valence electrons. The van der Waals surface area contributed by atoms with Crippen LogP contribution < -0.4 is 5.01 Å². The van der Waals surface area contributed by atoms with Crippen molar-refractivity contribution in [2.24, 2.45) is 10.3 Å². The number of hydrazone groups is 1. The predicted octanol–water partition coefficient (Wildman–Crippen LogP) is 5.32. The monoisotopic (exact) mass is 414 g/mol. The van der Waals surface area contributed by atoms with E-state index in [2.05, 4.69) is 15.2 Å². The van der Waals surface area contributed by atoms with Gasteiger partial charge in [-0.2, -0.15) is 18.3 Å². The summed E-state index contributed by atoms with van der Waals surface area (Å²) in [4.78, 5) is 4.04. The number of allylic oxidation sites excluding steroid dienone is 1. The molecule has 0 aliphatic carbocycles. The number of halogens is 4. The molecule has 1 heterocycles. The van der Waals surface area contributed by atoms with Crippen molar-refractivity contribution in [3.8, 4) is 0 Å². The Bertz CT molecular complexity index is 828. The van der Waals surface area contributed by atoms with Gasteiger partial charge in [0.2, 0.25) is 0 Å². The second kappa shape index (κ2) is 9.98.